The highest BCUT2D eigenvalue weighted by atomic mass is 35.5. The van der Waals surface area contributed by atoms with Crippen LogP contribution in [0.1, 0.15) is 6.92 Å². The highest BCUT2D eigenvalue weighted by Gasteiger charge is 2.25. The van der Waals surface area contributed by atoms with Gasteiger partial charge in [0.2, 0.25) is 15.9 Å². The minimum atomic E-state index is -3.83. The minimum absolute atomic E-state index is 0.0577. The number of likely N-dealkylation sites (N-methyl/N-ethyl adjacent to an activating group) is 1. The topological polar surface area (TPSA) is 66.5 Å². The molecule has 0 aromatic heterocycles. The summed E-state index contributed by atoms with van der Waals surface area (Å²) in [7, 11) is -3.83. The van der Waals surface area contributed by atoms with Gasteiger partial charge in [-0.3, -0.25) is 4.79 Å². The first-order chi connectivity index (χ1) is 11.8. The molecule has 0 aliphatic carbocycles. The van der Waals surface area contributed by atoms with Gasteiger partial charge in [-0.25, -0.2) is 8.42 Å². The molecule has 2 aromatic rings. The molecular weight excluding hydrogens is 407 g/mol. The van der Waals surface area contributed by atoms with Crippen molar-refractivity contribution in [1.29, 1.82) is 0 Å². The largest absolute Gasteiger partial charge is 0.322 e. The summed E-state index contributed by atoms with van der Waals surface area (Å²) in [6, 6.07) is 10.5. The molecule has 0 aliphatic rings. The number of hydrogen-bond acceptors (Lipinski definition) is 3. The summed E-state index contributed by atoms with van der Waals surface area (Å²) in [5.74, 6) is -0.547. The number of rotatable bonds is 6. The van der Waals surface area contributed by atoms with Crippen molar-refractivity contribution in [2.75, 3.05) is 18.4 Å². The molecule has 0 atom stereocenters. The van der Waals surface area contributed by atoms with Crippen molar-refractivity contribution in [3.05, 3.63) is 57.5 Å². The van der Waals surface area contributed by atoms with Crippen molar-refractivity contribution < 1.29 is 13.2 Å². The summed E-state index contributed by atoms with van der Waals surface area (Å²) in [4.78, 5) is 12.3. The van der Waals surface area contributed by atoms with Crippen LogP contribution < -0.4 is 5.32 Å². The third-order valence-corrected chi connectivity index (χ3v) is 6.17. The third kappa shape index (κ3) is 4.86. The fourth-order valence-electron chi connectivity index (χ4n) is 2.08. The summed E-state index contributed by atoms with van der Waals surface area (Å²) in [5, 5.41) is 3.51. The van der Waals surface area contributed by atoms with Crippen LogP contribution in [0.3, 0.4) is 0 Å². The maximum Gasteiger partial charge on any atom is 0.243 e. The fourth-order valence-corrected chi connectivity index (χ4v) is 4.10. The van der Waals surface area contributed by atoms with E-state index < -0.39 is 15.9 Å². The van der Waals surface area contributed by atoms with Crippen molar-refractivity contribution in [2.45, 2.75) is 11.8 Å². The van der Waals surface area contributed by atoms with Crippen molar-refractivity contribution in [1.82, 2.24) is 4.31 Å². The van der Waals surface area contributed by atoms with Crippen molar-refractivity contribution in [3.63, 3.8) is 0 Å². The lowest BCUT2D eigenvalue weighted by atomic mass is 10.3. The fraction of sp³-hybridized carbons (Fsp3) is 0.188. The second-order valence-corrected chi connectivity index (χ2v) is 8.22. The molecular formula is C16H15Cl3N2O3S. The van der Waals surface area contributed by atoms with Crippen molar-refractivity contribution in [2.24, 2.45) is 0 Å². The first-order valence-corrected chi connectivity index (χ1v) is 9.82. The number of nitrogens with one attached hydrogen (secondary N) is 1. The van der Waals surface area contributed by atoms with Gasteiger partial charge in [-0.15, -0.1) is 0 Å². The second kappa shape index (κ2) is 8.38. The molecule has 0 heterocycles. The molecule has 0 saturated heterocycles. The van der Waals surface area contributed by atoms with Crippen molar-refractivity contribution in [3.8, 4) is 0 Å². The average molecular weight is 422 g/mol. The van der Waals surface area contributed by atoms with E-state index in [2.05, 4.69) is 5.32 Å². The van der Waals surface area contributed by atoms with Crippen LogP contribution in [0.5, 0.6) is 0 Å². The van der Waals surface area contributed by atoms with Crippen LogP contribution in [0.15, 0.2) is 47.4 Å². The van der Waals surface area contributed by atoms with Gasteiger partial charge in [0.1, 0.15) is 0 Å². The van der Waals surface area contributed by atoms with Crippen LogP contribution >= 0.6 is 34.8 Å². The predicted molar refractivity (Wildman–Crippen MR) is 101 cm³/mol. The lowest BCUT2D eigenvalue weighted by molar-refractivity contribution is -0.116. The molecule has 0 aliphatic heterocycles. The maximum absolute atomic E-state index is 12.6. The highest BCUT2D eigenvalue weighted by Crippen LogP contribution is 2.29. The van der Waals surface area contributed by atoms with Gasteiger partial charge in [-0.1, -0.05) is 47.8 Å². The van der Waals surface area contributed by atoms with Crippen LogP contribution in [0.25, 0.3) is 0 Å². The molecule has 9 heteroatoms. The summed E-state index contributed by atoms with van der Waals surface area (Å²) >= 11 is 17.8. The molecule has 0 bridgehead atoms. The summed E-state index contributed by atoms with van der Waals surface area (Å²) in [6.07, 6.45) is 0. The van der Waals surface area contributed by atoms with E-state index >= 15 is 0 Å². The van der Waals surface area contributed by atoms with E-state index in [1.807, 2.05) is 0 Å². The van der Waals surface area contributed by atoms with Gasteiger partial charge in [0, 0.05) is 11.6 Å². The molecule has 1 amide bonds. The summed E-state index contributed by atoms with van der Waals surface area (Å²) < 4.78 is 26.3. The van der Waals surface area contributed by atoms with Gasteiger partial charge in [0.15, 0.2) is 0 Å². The molecule has 0 fully saturated rings. The zero-order valence-electron chi connectivity index (χ0n) is 13.2. The zero-order valence-corrected chi connectivity index (χ0v) is 16.3. The number of amides is 1. The Morgan fingerprint density at radius 3 is 2.12 bits per heavy atom. The van der Waals surface area contributed by atoms with Gasteiger partial charge < -0.3 is 5.32 Å². The Hall–Kier alpha value is -1.31. The minimum Gasteiger partial charge on any atom is -0.322 e. The molecule has 2 aromatic carbocycles. The van der Waals surface area contributed by atoms with E-state index in [0.29, 0.717) is 5.02 Å². The number of carbonyl (C=O) groups excluding carboxylic acids is 1. The van der Waals surface area contributed by atoms with Gasteiger partial charge in [-0.05, 0) is 36.4 Å². The standard InChI is InChI=1S/C16H15Cl3N2O3S/c1-2-21(25(23,24)12-8-6-11(17)7-9-12)10-15(22)20-16-13(18)4-3-5-14(16)19/h3-9H,2,10H2,1H3,(H,20,22). The molecule has 134 valence electrons. The van der Waals surface area contributed by atoms with Gasteiger partial charge in [0.05, 0.1) is 27.2 Å². The highest BCUT2D eigenvalue weighted by molar-refractivity contribution is 7.89. The van der Waals surface area contributed by atoms with E-state index in [1.165, 1.54) is 24.3 Å². The quantitative estimate of drug-likeness (QED) is 0.756. The first-order valence-electron chi connectivity index (χ1n) is 7.25. The molecule has 0 saturated carbocycles. The summed E-state index contributed by atoms with van der Waals surface area (Å²) in [6.45, 7) is 1.39. The SMILES string of the molecule is CCN(CC(=O)Nc1c(Cl)cccc1Cl)S(=O)(=O)c1ccc(Cl)cc1. The van der Waals surface area contributed by atoms with Crippen LogP contribution in [0.2, 0.25) is 15.1 Å². The summed E-state index contributed by atoms with van der Waals surface area (Å²) in [5.41, 5.74) is 0.246. The Kier molecular flexibility index (Phi) is 6.71. The molecule has 5 nitrogen and oxygen atoms in total. The molecule has 2 rings (SSSR count). The lowest BCUT2D eigenvalue weighted by Gasteiger charge is -2.20. The number of carbonyl (C=O) groups is 1. The number of halogens is 3. The maximum atomic E-state index is 12.6. The number of hydrogen-bond donors (Lipinski definition) is 1. The zero-order chi connectivity index (χ0) is 18.6. The Bertz CT molecular complexity index is 850. The van der Waals surface area contributed by atoms with E-state index in [0.717, 1.165) is 4.31 Å². The monoisotopic (exact) mass is 420 g/mol. The van der Waals surface area contributed by atoms with Crippen LogP contribution in [0.4, 0.5) is 5.69 Å². The molecule has 0 unspecified atom stereocenters. The molecule has 0 radical (unpaired) electrons. The van der Waals surface area contributed by atoms with E-state index in [1.54, 1.807) is 25.1 Å². The Morgan fingerprint density at radius 2 is 1.60 bits per heavy atom. The Morgan fingerprint density at radius 1 is 1.04 bits per heavy atom. The van der Waals surface area contributed by atoms with Crippen molar-refractivity contribution >= 4 is 56.4 Å². The van der Waals surface area contributed by atoms with E-state index in [-0.39, 0.29) is 33.7 Å². The Balaban J connectivity index is 2.18. The first kappa shape index (κ1) is 20.0. The van der Waals surface area contributed by atoms with E-state index in [9.17, 15) is 13.2 Å². The lowest BCUT2D eigenvalue weighted by Crippen LogP contribution is -2.37. The van der Waals surface area contributed by atoms with Crippen LogP contribution in [-0.2, 0) is 14.8 Å². The number of benzene rings is 2. The molecule has 1 N–H and O–H groups in total. The van der Waals surface area contributed by atoms with Gasteiger partial charge >= 0.3 is 0 Å². The van der Waals surface area contributed by atoms with Gasteiger partial charge in [-0.2, -0.15) is 4.31 Å². The molecule has 0 spiro atoms. The normalized spacial score (nSPS) is 11.6. The second-order valence-electron chi connectivity index (χ2n) is 5.03. The number of nitrogens with zero attached hydrogens (tertiary/aromatic N) is 1. The molecule has 25 heavy (non-hydrogen) atoms. The van der Waals surface area contributed by atoms with Crippen LogP contribution in [-0.4, -0.2) is 31.7 Å². The Labute approximate surface area is 161 Å². The average Bonchev–Trinajstić information content (AvgIpc) is 2.56. The number of para-hydroxylation sites is 1. The predicted octanol–water partition coefficient (Wildman–Crippen LogP) is 4.30. The number of anilines is 1. The van der Waals surface area contributed by atoms with Crippen LogP contribution in [0, 0.1) is 0 Å². The smallest absolute Gasteiger partial charge is 0.243 e. The van der Waals surface area contributed by atoms with Gasteiger partial charge in [0.25, 0.3) is 0 Å². The third-order valence-electron chi connectivity index (χ3n) is 3.35. The number of sulfonamides is 1. The van der Waals surface area contributed by atoms with E-state index in [4.69, 9.17) is 34.8 Å².